The average molecular weight is 287 g/mol. The molecule has 2 aromatic carbocycles. The van der Waals surface area contributed by atoms with Crippen LogP contribution in [0.5, 0.6) is 5.75 Å². The second-order valence-corrected chi connectivity index (χ2v) is 4.45. The van der Waals surface area contributed by atoms with Gasteiger partial charge in [0, 0.05) is 17.7 Å². The third-order valence-electron chi connectivity index (χ3n) is 3.03. The molecule has 21 heavy (non-hydrogen) atoms. The van der Waals surface area contributed by atoms with Crippen LogP contribution in [0.4, 0.5) is 5.69 Å². The first-order valence-corrected chi connectivity index (χ1v) is 6.18. The van der Waals surface area contributed by atoms with Crippen LogP contribution in [-0.4, -0.2) is 16.0 Å². The highest BCUT2D eigenvalue weighted by Crippen LogP contribution is 2.23. The molecular formula is C15H13NO5. The monoisotopic (exact) mass is 287 g/mol. The molecule has 0 aromatic heterocycles. The van der Waals surface area contributed by atoms with E-state index in [-0.39, 0.29) is 17.9 Å². The number of hydrogen-bond acceptors (Lipinski definition) is 4. The maximum Gasteiger partial charge on any atom is 0.336 e. The standard InChI is InChI=1S/C15H13NO5/c1-10-13(15(17)18)6-3-7-14(10)21-9-11-4-2-5-12(8-11)16(19)20/h2-8H,9H2,1H3,(H,17,18). The lowest BCUT2D eigenvalue weighted by Gasteiger charge is -2.10. The van der Waals surface area contributed by atoms with Gasteiger partial charge in [0.2, 0.25) is 0 Å². The molecule has 0 aliphatic heterocycles. The van der Waals surface area contributed by atoms with Gasteiger partial charge in [0.25, 0.3) is 5.69 Å². The fourth-order valence-electron chi connectivity index (χ4n) is 1.92. The predicted octanol–water partition coefficient (Wildman–Crippen LogP) is 3.18. The van der Waals surface area contributed by atoms with E-state index in [1.165, 1.54) is 18.2 Å². The normalized spacial score (nSPS) is 10.1. The van der Waals surface area contributed by atoms with Crippen molar-refractivity contribution in [3.05, 3.63) is 69.3 Å². The number of carboxylic acid groups (broad SMARTS) is 1. The lowest BCUT2D eigenvalue weighted by atomic mass is 10.1. The van der Waals surface area contributed by atoms with Gasteiger partial charge in [-0.05, 0) is 24.6 Å². The Hall–Kier alpha value is -2.89. The van der Waals surface area contributed by atoms with Crippen LogP contribution >= 0.6 is 0 Å². The van der Waals surface area contributed by atoms with Crippen LogP contribution in [0.1, 0.15) is 21.5 Å². The smallest absolute Gasteiger partial charge is 0.336 e. The number of nitro groups is 1. The summed E-state index contributed by atoms with van der Waals surface area (Å²) < 4.78 is 5.56. The minimum Gasteiger partial charge on any atom is -0.489 e. The summed E-state index contributed by atoms with van der Waals surface area (Å²) in [4.78, 5) is 21.3. The van der Waals surface area contributed by atoms with Crippen LogP contribution in [0, 0.1) is 17.0 Å². The largest absolute Gasteiger partial charge is 0.489 e. The molecular weight excluding hydrogens is 274 g/mol. The Labute approximate surface area is 120 Å². The second-order valence-electron chi connectivity index (χ2n) is 4.45. The second kappa shape index (κ2) is 6.04. The third-order valence-corrected chi connectivity index (χ3v) is 3.03. The van der Waals surface area contributed by atoms with Crippen LogP contribution in [-0.2, 0) is 6.61 Å². The summed E-state index contributed by atoms with van der Waals surface area (Å²) in [6.07, 6.45) is 0. The minimum atomic E-state index is -1.02. The fourth-order valence-corrected chi connectivity index (χ4v) is 1.92. The number of non-ortho nitro benzene ring substituents is 1. The molecule has 0 heterocycles. The van der Waals surface area contributed by atoms with Gasteiger partial charge >= 0.3 is 5.97 Å². The number of nitrogens with zero attached hydrogens (tertiary/aromatic N) is 1. The Balaban J connectivity index is 2.17. The lowest BCUT2D eigenvalue weighted by Crippen LogP contribution is -2.03. The molecule has 0 fully saturated rings. The first-order valence-electron chi connectivity index (χ1n) is 6.18. The Bertz CT molecular complexity index is 696. The van der Waals surface area contributed by atoms with E-state index in [2.05, 4.69) is 0 Å². The van der Waals surface area contributed by atoms with Gasteiger partial charge < -0.3 is 9.84 Å². The van der Waals surface area contributed by atoms with Crippen molar-refractivity contribution in [2.75, 3.05) is 0 Å². The van der Waals surface area contributed by atoms with Gasteiger partial charge in [-0.15, -0.1) is 0 Å². The minimum absolute atomic E-state index is 0.00731. The molecule has 0 bridgehead atoms. The van der Waals surface area contributed by atoms with E-state index in [9.17, 15) is 14.9 Å². The van der Waals surface area contributed by atoms with Gasteiger partial charge in [0.1, 0.15) is 12.4 Å². The summed E-state index contributed by atoms with van der Waals surface area (Å²) in [5.41, 5.74) is 1.33. The van der Waals surface area contributed by atoms with Gasteiger partial charge in [-0.3, -0.25) is 10.1 Å². The number of carboxylic acids is 1. The molecule has 1 N–H and O–H groups in total. The van der Waals surface area contributed by atoms with Crippen LogP contribution in [0.3, 0.4) is 0 Å². The Kier molecular flexibility index (Phi) is 4.18. The summed E-state index contributed by atoms with van der Waals surface area (Å²) in [6, 6.07) is 10.9. The molecule has 6 nitrogen and oxygen atoms in total. The quantitative estimate of drug-likeness (QED) is 0.673. The number of carbonyl (C=O) groups is 1. The summed E-state index contributed by atoms with van der Waals surface area (Å²) >= 11 is 0. The summed E-state index contributed by atoms with van der Waals surface area (Å²) in [6.45, 7) is 1.79. The molecule has 0 aliphatic carbocycles. The van der Waals surface area contributed by atoms with Crippen molar-refractivity contribution in [3.63, 3.8) is 0 Å². The molecule has 108 valence electrons. The molecule has 0 radical (unpaired) electrons. The number of rotatable bonds is 5. The zero-order valence-corrected chi connectivity index (χ0v) is 11.3. The third kappa shape index (κ3) is 3.36. The molecule has 0 aliphatic rings. The molecule has 0 spiro atoms. The lowest BCUT2D eigenvalue weighted by molar-refractivity contribution is -0.384. The molecule has 0 saturated carbocycles. The highest BCUT2D eigenvalue weighted by Gasteiger charge is 2.11. The molecule has 0 saturated heterocycles. The first-order chi connectivity index (χ1) is 9.99. The molecule has 2 aromatic rings. The molecule has 0 atom stereocenters. The fraction of sp³-hybridized carbons (Fsp3) is 0.133. The number of benzene rings is 2. The average Bonchev–Trinajstić information content (AvgIpc) is 2.46. The van der Waals surface area contributed by atoms with Crippen molar-refractivity contribution in [2.45, 2.75) is 13.5 Å². The zero-order chi connectivity index (χ0) is 15.4. The van der Waals surface area contributed by atoms with E-state index in [4.69, 9.17) is 9.84 Å². The van der Waals surface area contributed by atoms with Gasteiger partial charge in [-0.1, -0.05) is 18.2 Å². The Morgan fingerprint density at radius 2 is 2.00 bits per heavy atom. The summed E-state index contributed by atoms with van der Waals surface area (Å²) in [5.74, 6) is -0.574. The van der Waals surface area contributed by atoms with E-state index >= 15 is 0 Å². The van der Waals surface area contributed by atoms with Crippen molar-refractivity contribution in [1.29, 1.82) is 0 Å². The van der Waals surface area contributed by atoms with E-state index < -0.39 is 10.9 Å². The van der Waals surface area contributed by atoms with Crippen LogP contribution in [0.2, 0.25) is 0 Å². The van der Waals surface area contributed by atoms with Crippen molar-refractivity contribution in [2.24, 2.45) is 0 Å². The Morgan fingerprint density at radius 3 is 2.67 bits per heavy atom. The van der Waals surface area contributed by atoms with Gasteiger partial charge in [0.05, 0.1) is 10.5 Å². The number of ether oxygens (including phenoxy) is 1. The van der Waals surface area contributed by atoms with E-state index in [1.54, 1.807) is 31.2 Å². The van der Waals surface area contributed by atoms with Crippen LogP contribution < -0.4 is 4.74 Å². The van der Waals surface area contributed by atoms with Crippen molar-refractivity contribution in [1.82, 2.24) is 0 Å². The molecule has 2 rings (SSSR count). The first kappa shape index (κ1) is 14.5. The number of nitro benzene ring substituents is 1. The number of aromatic carboxylic acids is 1. The Morgan fingerprint density at radius 1 is 1.29 bits per heavy atom. The molecule has 0 unspecified atom stereocenters. The summed E-state index contributed by atoms with van der Waals surface area (Å²) in [5, 5.41) is 19.7. The van der Waals surface area contributed by atoms with Crippen molar-refractivity contribution < 1.29 is 19.6 Å². The summed E-state index contributed by atoms with van der Waals surface area (Å²) in [7, 11) is 0. The van der Waals surface area contributed by atoms with E-state index in [0.717, 1.165) is 0 Å². The van der Waals surface area contributed by atoms with Gasteiger partial charge in [-0.2, -0.15) is 0 Å². The number of hydrogen-bond donors (Lipinski definition) is 1. The highest BCUT2D eigenvalue weighted by atomic mass is 16.6. The van der Waals surface area contributed by atoms with Crippen molar-refractivity contribution >= 4 is 11.7 Å². The molecule has 0 amide bonds. The topological polar surface area (TPSA) is 89.7 Å². The SMILES string of the molecule is Cc1c(OCc2cccc([N+](=O)[O-])c2)cccc1C(=O)O. The van der Waals surface area contributed by atoms with Gasteiger partial charge in [-0.25, -0.2) is 4.79 Å². The van der Waals surface area contributed by atoms with Crippen LogP contribution in [0.15, 0.2) is 42.5 Å². The van der Waals surface area contributed by atoms with E-state index in [0.29, 0.717) is 16.9 Å². The van der Waals surface area contributed by atoms with E-state index in [1.807, 2.05) is 0 Å². The van der Waals surface area contributed by atoms with Gasteiger partial charge in [0.15, 0.2) is 0 Å². The highest BCUT2D eigenvalue weighted by molar-refractivity contribution is 5.90. The maximum atomic E-state index is 11.0. The zero-order valence-electron chi connectivity index (χ0n) is 11.3. The predicted molar refractivity (Wildman–Crippen MR) is 75.6 cm³/mol. The van der Waals surface area contributed by atoms with Crippen molar-refractivity contribution in [3.8, 4) is 5.75 Å². The maximum absolute atomic E-state index is 11.0. The van der Waals surface area contributed by atoms with Crippen LogP contribution in [0.25, 0.3) is 0 Å². The molecule has 6 heteroatoms.